The van der Waals surface area contributed by atoms with Gasteiger partial charge in [-0.25, -0.2) is 24.1 Å². The molecule has 48 heavy (non-hydrogen) atoms. The van der Waals surface area contributed by atoms with Crippen LogP contribution in [-0.4, -0.2) is 95.6 Å². The Labute approximate surface area is 280 Å². The summed E-state index contributed by atoms with van der Waals surface area (Å²) in [6.45, 7) is 12.4. The highest BCUT2D eigenvalue weighted by molar-refractivity contribution is 6.36. The SMILES string of the molecule is [C-]#[N+]C[C@H]1CN(c2nc(OCC34CCCN3CC(F)(F)C4)nc3c2CCN(c2cccc4ccc(F)c(Cl)c24)C3)CCN1C(=O)C(=C)F. The van der Waals surface area contributed by atoms with Crippen LogP contribution in [0.3, 0.4) is 0 Å². The van der Waals surface area contributed by atoms with Gasteiger partial charge in [0.25, 0.3) is 11.8 Å². The molecule has 252 valence electrons. The second kappa shape index (κ2) is 12.4. The number of halogens is 5. The van der Waals surface area contributed by atoms with Crippen molar-refractivity contribution in [2.24, 2.45) is 0 Å². The van der Waals surface area contributed by atoms with E-state index in [1.807, 2.05) is 23.1 Å². The summed E-state index contributed by atoms with van der Waals surface area (Å²) in [4.78, 5) is 32.8. The van der Waals surface area contributed by atoms with Gasteiger partial charge in [0.15, 0.2) is 5.83 Å². The lowest BCUT2D eigenvalue weighted by Gasteiger charge is -2.41. The summed E-state index contributed by atoms with van der Waals surface area (Å²) in [5.41, 5.74) is 1.44. The fraction of sp³-hybridized carbons (Fsp3) is 0.471. The molecule has 4 aliphatic rings. The zero-order valence-electron chi connectivity index (χ0n) is 26.2. The largest absolute Gasteiger partial charge is 0.461 e. The Balaban J connectivity index is 1.24. The minimum absolute atomic E-state index is 0.00395. The van der Waals surface area contributed by atoms with Gasteiger partial charge in [0.05, 0.1) is 29.3 Å². The van der Waals surface area contributed by atoms with Crippen LogP contribution in [0.1, 0.15) is 30.5 Å². The maximum Gasteiger partial charge on any atom is 0.318 e. The molecule has 9 nitrogen and oxygen atoms in total. The number of nitrogens with zero attached hydrogens (tertiary/aromatic N) is 7. The van der Waals surface area contributed by atoms with E-state index in [0.717, 1.165) is 23.1 Å². The number of amides is 1. The molecule has 0 spiro atoms. The normalized spacial score (nSPS) is 23.6. The maximum absolute atomic E-state index is 14.6. The summed E-state index contributed by atoms with van der Waals surface area (Å²) >= 11 is 6.47. The first-order valence-corrected chi connectivity index (χ1v) is 16.4. The highest BCUT2D eigenvalue weighted by Gasteiger charge is 2.57. The minimum atomic E-state index is -2.80. The lowest BCUT2D eigenvalue weighted by atomic mass is 9.94. The van der Waals surface area contributed by atoms with E-state index in [2.05, 4.69) is 16.3 Å². The second-order valence-electron chi connectivity index (χ2n) is 13.1. The third-order valence-electron chi connectivity index (χ3n) is 10.1. The van der Waals surface area contributed by atoms with E-state index in [-0.39, 0.29) is 50.2 Å². The minimum Gasteiger partial charge on any atom is -0.461 e. The molecule has 1 aromatic heterocycles. The smallest absolute Gasteiger partial charge is 0.318 e. The van der Waals surface area contributed by atoms with Gasteiger partial charge in [0.1, 0.15) is 24.3 Å². The summed E-state index contributed by atoms with van der Waals surface area (Å²) in [7, 11) is 0. The van der Waals surface area contributed by atoms with Gasteiger partial charge in [-0.2, -0.15) is 9.97 Å². The summed E-state index contributed by atoms with van der Waals surface area (Å²) in [5.74, 6) is -4.68. The van der Waals surface area contributed by atoms with Gasteiger partial charge in [0.2, 0.25) is 6.54 Å². The van der Waals surface area contributed by atoms with Crippen LogP contribution in [-0.2, 0) is 17.8 Å². The Hall–Kier alpha value is -4.15. The van der Waals surface area contributed by atoms with Crippen molar-refractivity contribution in [1.29, 1.82) is 0 Å². The van der Waals surface area contributed by atoms with Crippen LogP contribution in [0.15, 0.2) is 42.7 Å². The van der Waals surface area contributed by atoms with Crippen molar-refractivity contribution in [2.75, 3.05) is 62.2 Å². The molecule has 0 N–H and O–H groups in total. The molecular formula is C34H34ClF4N7O2. The van der Waals surface area contributed by atoms with Crippen molar-refractivity contribution in [3.05, 3.63) is 76.3 Å². The van der Waals surface area contributed by atoms with Gasteiger partial charge in [-0.1, -0.05) is 36.4 Å². The molecule has 3 saturated heterocycles. The van der Waals surface area contributed by atoms with Crippen LogP contribution in [0.2, 0.25) is 5.02 Å². The Kier molecular flexibility index (Phi) is 8.36. The molecule has 7 rings (SSSR count). The van der Waals surface area contributed by atoms with E-state index in [9.17, 15) is 22.4 Å². The van der Waals surface area contributed by atoms with Crippen molar-refractivity contribution in [2.45, 2.75) is 49.7 Å². The van der Waals surface area contributed by atoms with Crippen LogP contribution >= 0.6 is 11.6 Å². The molecule has 0 bridgehead atoms. The Bertz CT molecular complexity index is 1840. The molecule has 0 saturated carbocycles. The molecule has 5 heterocycles. The number of anilines is 2. The van der Waals surface area contributed by atoms with Crippen molar-refractivity contribution in [3.63, 3.8) is 0 Å². The van der Waals surface area contributed by atoms with Crippen LogP contribution in [0.25, 0.3) is 15.6 Å². The molecule has 2 aromatic carbocycles. The van der Waals surface area contributed by atoms with Crippen LogP contribution in [0, 0.1) is 12.4 Å². The van der Waals surface area contributed by atoms with E-state index in [1.54, 1.807) is 11.0 Å². The second-order valence-corrected chi connectivity index (χ2v) is 13.5. The number of aromatic nitrogens is 2. The molecule has 14 heteroatoms. The van der Waals surface area contributed by atoms with Crippen molar-refractivity contribution < 1.29 is 27.1 Å². The molecular weight excluding hydrogens is 650 g/mol. The number of ether oxygens (including phenoxy) is 1. The number of benzene rings is 2. The number of alkyl halides is 2. The van der Waals surface area contributed by atoms with Gasteiger partial charge in [0, 0.05) is 49.2 Å². The third-order valence-corrected chi connectivity index (χ3v) is 10.4. The van der Waals surface area contributed by atoms with Gasteiger partial charge in [-0.3, -0.25) is 9.69 Å². The van der Waals surface area contributed by atoms with Gasteiger partial charge in [-0.15, -0.1) is 0 Å². The summed E-state index contributed by atoms with van der Waals surface area (Å²) < 4.78 is 63.7. The topological polar surface area (TPSA) is 69.4 Å². The fourth-order valence-electron chi connectivity index (χ4n) is 7.88. The van der Waals surface area contributed by atoms with E-state index >= 15 is 0 Å². The van der Waals surface area contributed by atoms with E-state index in [0.29, 0.717) is 55.9 Å². The Morgan fingerprint density at radius 1 is 1.15 bits per heavy atom. The number of carbonyl (C=O) groups excluding carboxylic acids is 1. The zero-order valence-corrected chi connectivity index (χ0v) is 27.0. The standard InChI is InChI=1S/C34H34ClF4N7O2/c1-21(36)31(47)46-14-13-44(16-23(46)15-40-2)30-24-9-12-43(27-6-3-5-22-7-8-25(37)29(35)28(22)27)17-26(24)41-32(42-30)48-20-33-10-4-11-45(33)19-34(38,39)18-33/h3,5-8,23H,1,4,9-20H2/t23-,33?/m0/s1. The first-order valence-electron chi connectivity index (χ1n) is 16.0. The summed E-state index contributed by atoms with van der Waals surface area (Å²) in [6.07, 6.45) is 1.60. The number of fused-ring (bicyclic) bond motifs is 3. The number of hydrogen-bond acceptors (Lipinski definition) is 7. The molecule has 4 aliphatic heterocycles. The van der Waals surface area contributed by atoms with Crippen molar-refractivity contribution in [1.82, 2.24) is 19.8 Å². The molecule has 1 amide bonds. The van der Waals surface area contributed by atoms with E-state index < -0.39 is 35.1 Å². The first kappa shape index (κ1) is 32.4. The molecule has 3 fully saturated rings. The monoisotopic (exact) mass is 683 g/mol. The molecule has 3 aromatic rings. The van der Waals surface area contributed by atoms with Gasteiger partial charge < -0.3 is 24.3 Å². The van der Waals surface area contributed by atoms with Crippen molar-refractivity contribution in [3.8, 4) is 6.01 Å². The average Bonchev–Trinajstić information content (AvgIpc) is 3.56. The zero-order chi connectivity index (χ0) is 33.8. The summed E-state index contributed by atoms with van der Waals surface area (Å²) in [6, 6.07) is 8.10. The van der Waals surface area contributed by atoms with Crippen LogP contribution < -0.4 is 14.5 Å². The van der Waals surface area contributed by atoms with Crippen molar-refractivity contribution >= 4 is 39.8 Å². The van der Waals surface area contributed by atoms with Gasteiger partial charge in [-0.05, 0) is 43.3 Å². The predicted octanol–water partition coefficient (Wildman–Crippen LogP) is 5.66. The first-order chi connectivity index (χ1) is 23.0. The van der Waals surface area contributed by atoms with Crippen LogP contribution in [0.4, 0.5) is 29.1 Å². The average molecular weight is 684 g/mol. The highest BCUT2D eigenvalue weighted by atomic mass is 35.5. The molecule has 0 radical (unpaired) electrons. The number of piperazine rings is 1. The lowest BCUT2D eigenvalue weighted by Crippen LogP contribution is -2.57. The predicted molar refractivity (Wildman–Crippen MR) is 174 cm³/mol. The third kappa shape index (κ3) is 5.79. The molecule has 2 atom stereocenters. The Morgan fingerprint density at radius 2 is 1.98 bits per heavy atom. The quantitative estimate of drug-likeness (QED) is 0.181. The van der Waals surface area contributed by atoms with E-state index in [1.165, 1.54) is 11.0 Å². The van der Waals surface area contributed by atoms with Crippen LogP contribution in [0.5, 0.6) is 6.01 Å². The lowest BCUT2D eigenvalue weighted by molar-refractivity contribution is -0.131. The number of carbonyl (C=O) groups is 1. The fourth-order valence-corrected chi connectivity index (χ4v) is 8.15. The summed E-state index contributed by atoms with van der Waals surface area (Å²) in [5, 5.41) is 1.41. The maximum atomic E-state index is 14.6. The van der Waals surface area contributed by atoms with E-state index in [4.69, 9.17) is 32.9 Å². The Morgan fingerprint density at radius 3 is 2.77 bits per heavy atom. The molecule has 0 aliphatic carbocycles. The van der Waals surface area contributed by atoms with Gasteiger partial charge >= 0.3 is 6.01 Å². The molecule has 1 unspecified atom stereocenters. The number of rotatable bonds is 7. The highest BCUT2D eigenvalue weighted by Crippen LogP contribution is 2.46. The number of hydrogen-bond donors (Lipinski definition) is 0.